The first-order valence-corrected chi connectivity index (χ1v) is 10.2. The minimum Gasteiger partial charge on any atom is -0.493 e. The van der Waals surface area contributed by atoms with Gasteiger partial charge in [-0.05, 0) is 43.1 Å². The highest BCUT2D eigenvalue weighted by Crippen LogP contribution is 2.45. The molecule has 2 aliphatic heterocycles. The molecule has 0 radical (unpaired) electrons. The van der Waals surface area contributed by atoms with E-state index in [4.69, 9.17) is 9.47 Å². The molecule has 2 heterocycles. The highest BCUT2D eigenvalue weighted by atomic mass is 16.5. The Bertz CT molecular complexity index is 923. The van der Waals surface area contributed by atoms with Crippen molar-refractivity contribution in [1.82, 2.24) is 5.32 Å². The van der Waals surface area contributed by atoms with Gasteiger partial charge in [-0.2, -0.15) is 0 Å². The quantitative estimate of drug-likeness (QED) is 0.603. The maximum atomic E-state index is 6.11. The molecule has 0 amide bonds. The van der Waals surface area contributed by atoms with E-state index in [0.29, 0.717) is 11.8 Å². The van der Waals surface area contributed by atoms with Crippen LogP contribution in [0.4, 0.5) is 0 Å². The Morgan fingerprint density at radius 1 is 0.750 bits per heavy atom. The minimum absolute atomic E-state index is 0.371. The van der Waals surface area contributed by atoms with E-state index in [9.17, 15) is 0 Å². The lowest BCUT2D eigenvalue weighted by Gasteiger charge is -2.29. The van der Waals surface area contributed by atoms with Crippen LogP contribution in [0.3, 0.4) is 0 Å². The van der Waals surface area contributed by atoms with E-state index in [0.717, 1.165) is 49.8 Å². The Kier molecular flexibility index (Phi) is 4.76. The van der Waals surface area contributed by atoms with Gasteiger partial charge in [-0.3, -0.25) is 0 Å². The first-order chi connectivity index (χ1) is 13.9. The van der Waals surface area contributed by atoms with Crippen molar-refractivity contribution in [3.8, 4) is 17.2 Å². The fourth-order valence-corrected chi connectivity index (χ4v) is 4.47. The Hall–Kier alpha value is -2.78. The molecule has 28 heavy (non-hydrogen) atoms. The van der Waals surface area contributed by atoms with Crippen molar-refractivity contribution < 1.29 is 9.47 Å². The predicted octanol–water partition coefficient (Wildman–Crippen LogP) is 5.47. The van der Waals surface area contributed by atoms with E-state index in [1.165, 1.54) is 16.7 Å². The van der Waals surface area contributed by atoms with E-state index < -0.39 is 0 Å². The van der Waals surface area contributed by atoms with Crippen molar-refractivity contribution >= 4 is 0 Å². The van der Waals surface area contributed by atoms with Crippen LogP contribution in [0.5, 0.6) is 17.2 Å². The largest absolute Gasteiger partial charge is 0.493 e. The number of nitrogens with one attached hydrogen (secondary N) is 1. The van der Waals surface area contributed by atoms with E-state index in [1.54, 1.807) is 0 Å². The highest BCUT2D eigenvalue weighted by molar-refractivity contribution is 5.53. The SMILES string of the molecule is c1ccc2c(c1)OCCC2CNCCC1c2ccccc2Oc2ccccc21. The molecule has 142 valence electrons. The van der Waals surface area contributed by atoms with Gasteiger partial charge >= 0.3 is 0 Å². The minimum atomic E-state index is 0.371. The molecular formula is C25H25NO2. The molecule has 0 aliphatic carbocycles. The molecule has 0 spiro atoms. The summed E-state index contributed by atoms with van der Waals surface area (Å²) in [6.45, 7) is 2.78. The van der Waals surface area contributed by atoms with Gasteiger partial charge in [0, 0.05) is 29.5 Å². The summed E-state index contributed by atoms with van der Waals surface area (Å²) >= 11 is 0. The third-order valence-corrected chi connectivity index (χ3v) is 5.89. The topological polar surface area (TPSA) is 30.5 Å². The number of ether oxygens (including phenoxy) is 2. The molecule has 1 atom stereocenters. The molecule has 0 bridgehead atoms. The average Bonchev–Trinajstić information content (AvgIpc) is 2.76. The maximum absolute atomic E-state index is 6.11. The van der Waals surface area contributed by atoms with Gasteiger partial charge in [-0.25, -0.2) is 0 Å². The second kappa shape index (κ2) is 7.69. The van der Waals surface area contributed by atoms with Crippen molar-refractivity contribution in [2.45, 2.75) is 24.7 Å². The fraction of sp³-hybridized carbons (Fsp3) is 0.280. The monoisotopic (exact) mass is 371 g/mol. The second-order valence-corrected chi connectivity index (χ2v) is 7.59. The number of benzene rings is 3. The number of hydrogen-bond donors (Lipinski definition) is 1. The lowest BCUT2D eigenvalue weighted by atomic mass is 9.85. The summed E-state index contributed by atoms with van der Waals surface area (Å²) in [6.07, 6.45) is 2.13. The summed E-state index contributed by atoms with van der Waals surface area (Å²) < 4.78 is 11.9. The summed E-state index contributed by atoms with van der Waals surface area (Å²) in [5, 5.41) is 3.71. The standard InChI is InChI=1S/C25H25NO2/c1-4-10-23-19(7-1)18(14-16-27-23)17-26-15-13-20-21-8-2-5-11-24(21)28-25-12-6-3-9-22(20)25/h1-12,18,20,26H,13-17H2. The van der Waals surface area contributed by atoms with Gasteiger partial charge < -0.3 is 14.8 Å². The summed E-state index contributed by atoms with van der Waals surface area (Å²) in [4.78, 5) is 0. The fourth-order valence-electron chi connectivity index (χ4n) is 4.47. The molecule has 3 heteroatoms. The van der Waals surface area contributed by atoms with Crippen LogP contribution in [0.25, 0.3) is 0 Å². The molecular weight excluding hydrogens is 346 g/mol. The average molecular weight is 371 g/mol. The first-order valence-electron chi connectivity index (χ1n) is 10.2. The van der Waals surface area contributed by atoms with Crippen LogP contribution in [-0.4, -0.2) is 19.7 Å². The maximum Gasteiger partial charge on any atom is 0.131 e. The van der Waals surface area contributed by atoms with Crippen LogP contribution in [-0.2, 0) is 0 Å². The van der Waals surface area contributed by atoms with Crippen LogP contribution in [0.2, 0.25) is 0 Å². The third kappa shape index (κ3) is 3.27. The van der Waals surface area contributed by atoms with Gasteiger partial charge in [0.2, 0.25) is 0 Å². The van der Waals surface area contributed by atoms with Crippen LogP contribution in [0.1, 0.15) is 41.4 Å². The molecule has 3 aromatic rings. The molecule has 0 saturated carbocycles. The zero-order valence-electron chi connectivity index (χ0n) is 15.9. The van der Waals surface area contributed by atoms with Gasteiger partial charge in [0.1, 0.15) is 17.2 Å². The van der Waals surface area contributed by atoms with Gasteiger partial charge in [0.25, 0.3) is 0 Å². The normalized spacial score (nSPS) is 17.6. The lowest BCUT2D eigenvalue weighted by molar-refractivity contribution is 0.264. The zero-order valence-corrected chi connectivity index (χ0v) is 15.9. The number of rotatable bonds is 5. The molecule has 3 nitrogen and oxygen atoms in total. The first kappa shape index (κ1) is 17.3. The van der Waals surface area contributed by atoms with Crippen molar-refractivity contribution in [3.05, 3.63) is 89.5 Å². The Morgan fingerprint density at radius 2 is 1.36 bits per heavy atom. The van der Waals surface area contributed by atoms with Gasteiger partial charge in [0.15, 0.2) is 0 Å². The highest BCUT2D eigenvalue weighted by Gasteiger charge is 2.26. The number of para-hydroxylation sites is 3. The van der Waals surface area contributed by atoms with Crippen molar-refractivity contribution in [3.63, 3.8) is 0 Å². The molecule has 0 saturated heterocycles. The van der Waals surface area contributed by atoms with Crippen molar-refractivity contribution in [2.24, 2.45) is 0 Å². The molecule has 2 aliphatic rings. The second-order valence-electron chi connectivity index (χ2n) is 7.59. The summed E-state index contributed by atoms with van der Waals surface area (Å²) in [6, 6.07) is 25.3. The Balaban J connectivity index is 1.27. The molecule has 0 fully saturated rings. The van der Waals surface area contributed by atoms with Crippen LogP contribution in [0.15, 0.2) is 72.8 Å². The smallest absolute Gasteiger partial charge is 0.131 e. The van der Waals surface area contributed by atoms with Crippen molar-refractivity contribution in [1.29, 1.82) is 0 Å². The lowest BCUT2D eigenvalue weighted by Crippen LogP contribution is -2.27. The predicted molar refractivity (Wildman–Crippen MR) is 112 cm³/mol. The Labute approximate surface area is 166 Å². The van der Waals surface area contributed by atoms with Crippen LogP contribution < -0.4 is 14.8 Å². The van der Waals surface area contributed by atoms with Gasteiger partial charge in [-0.15, -0.1) is 0 Å². The summed E-state index contributed by atoms with van der Waals surface area (Å²) in [7, 11) is 0. The van der Waals surface area contributed by atoms with Crippen molar-refractivity contribution in [2.75, 3.05) is 19.7 Å². The molecule has 3 aromatic carbocycles. The zero-order chi connectivity index (χ0) is 18.8. The molecule has 1 unspecified atom stereocenters. The Morgan fingerprint density at radius 3 is 2.07 bits per heavy atom. The van der Waals surface area contributed by atoms with E-state index >= 15 is 0 Å². The number of hydrogen-bond acceptors (Lipinski definition) is 3. The molecule has 5 rings (SSSR count). The van der Waals surface area contributed by atoms with Crippen LogP contribution >= 0.6 is 0 Å². The molecule has 0 aromatic heterocycles. The third-order valence-electron chi connectivity index (χ3n) is 5.89. The van der Waals surface area contributed by atoms with E-state index in [-0.39, 0.29) is 0 Å². The van der Waals surface area contributed by atoms with E-state index in [1.807, 2.05) is 12.1 Å². The summed E-state index contributed by atoms with van der Waals surface area (Å²) in [5.74, 6) is 3.93. The molecule has 1 N–H and O–H groups in total. The number of fused-ring (bicyclic) bond motifs is 3. The summed E-state index contributed by atoms with van der Waals surface area (Å²) in [5.41, 5.74) is 3.92. The van der Waals surface area contributed by atoms with E-state index in [2.05, 4.69) is 66.0 Å². The van der Waals surface area contributed by atoms with Gasteiger partial charge in [-0.1, -0.05) is 54.6 Å². The van der Waals surface area contributed by atoms with Gasteiger partial charge in [0.05, 0.1) is 6.61 Å². The van der Waals surface area contributed by atoms with Crippen LogP contribution in [0, 0.1) is 0 Å².